The van der Waals surface area contributed by atoms with E-state index in [1.165, 1.54) is 49.8 Å². The summed E-state index contributed by atoms with van der Waals surface area (Å²) in [6.07, 6.45) is 0. The molecule has 0 heterocycles. The van der Waals surface area contributed by atoms with Gasteiger partial charge in [0.05, 0.1) is 5.30 Å². The maximum absolute atomic E-state index is 6.97. The van der Waals surface area contributed by atoms with Crippen molar-refractivity contribution in [2.24, 2.45) is 0 Å². The molecule has 1 unspecified atom stereocenters. The highest BCUT2D eigenvalue weighted by Gasteiger charge is 2.23. The minimum Gasteiger partial charge on any atom is -0.464 e. The van der Waals surface area contributed by atoms with Gasteiger partial charge in [-0.3, -0.25) is 0 Å². The Balaban J connectivity index is 1.18. The van der Waals surface area contributed by atoms with Gasteiger partial charge in [0.15, 0.2) is 8.15 Å². The predicted molar refractivity (Wildman–Crippen MR) is 240 cm³/mol. The predicted octanol–water partition coefficient (Wildman–Crippen LogP) is 13.3. The van der Waals surface area contributed by atoms with Gasteiger partial charge in [0, 0.05) is 10.6 Å². The van der Waals surface area contributed by atoms with Crippen molar-refractivity contribution in [3.8, 4) is 39.5 Å². The Morgan fingerprint density at radius 2 is 0.589 bits per heavy atom. The van der Waals surface area contributed by atoms with E-state index in [0.717, 1.165) is 55.7 Å². The first-order chi connectivity index (χ1) is 26.9. The van der Waals surface area contributed by atoms with Gasteiger partial charge in [0.2, 0.25) is 0 Å². The van der Waals surface area contributed by atoms with Crippen LogP contribution < -0.4 is 29.5 Å². The summed E-state index contributed by atoms with van der Waals surface area (Å²) in [5, 5.41) is 3.33. The van der Waals surface area contributed by atoms with Crippen LogP contribution in [0.3, 0.4) is 0 Å². The van der Waals surface area contributed by atoms with Gasteiger partial charge in [0.1, 0.15) is 17.2 Å². The zero-order valence-electron chi connectivity index (χ0n) is 33.9. The second kappa shape index (κ2) is 16.9. The standard InChI is InChI=1S/C51H50O3P2/c1-33-27-39(7)49(30-36(33)4)52-55(46-21-15-43(16-22-46)42-13-11-10-12-14-42)47-23-17-44(18-24-47)45-19-25-48(26-20-45)56(53-50-31-37(5)34(2)28-40(50)8)54-51-32-38(6)35(3)29-41(51)9/h10-32H,1-9H3. The Hall–Kier alpha value is -5.20. The Morgan fingerprint density at radius 1 is 0.286 bits per heavy atom. The van der Waals surface area contributed by atoms with Crippen LogP contribution in [0.2, 0.25) is 0 Å². The molecule has 0 amide bonds. The van der Waals surface area contributed by atoms with Crippen LogP contribution in [0, 0.1) is 62.3 Å². The van der Waals surface area contributed by atoms with Crippen molar-refractivity contribution in [1.29, 1.82) is 0 Å². The number of aryl methyl sites for hydroxylation is 9. The number of benzene rings is 7. The molecule has 7 rings (SSSR count). The summed E-state index contributed by atoms with van der Waals surface area (Å²) in [7, 11) is -2.60. The molecule has 0 saturated carbocycles. The Bertz CT molecular complexity index is 2410. The lowest BCUT2D eigenvalue weighted by Crippen LogP contribution is -2.16. The van der Waals surface area contributed by atoms with E-state index in [1.54, 1.807) is 0 Å². The zero-order valence-corrected chi connectivity index (χ0v) is 35.7. The normalized spacial score (nSPS) is 11.8. The van der Waals surface area contributed by atoms with Crippen LogP contribution in [0.15, 0.2) is 140 Å². The monoisotopic (exact) mass is 772 g/mol. The van der Waals surface area contributed by atoms with Crippen molar-refractivity contribution in [2.75, 3.05) is 0 Å². The van der Waals surface area contributed by atoms with E-state index in [-0.39, 0.29) is 0 Å². The first-order valence-electron chi connectivity index (χ1n) is 19.2. The highest BCUT2D eigenvalue weighted by Crippen LogP contribution is 2.44. The highest BCUT2D eigenvalue weighted by atomic mass is 31.2. The molecule has 0 aliphatic heterocycles. The SMILES string of the molecule is Cc1cc(C)c(OP(Oc2cc(C)c(C)cc2C)c2ccc(-c3ccc(P(Oc4cc(C)c(C)cc4C)c4ccc(-c5ccccc5)cc4)cc3)cc2)cc1C. The first-order valence-corrected chi connectivity index (χ1v) is 21.6. The lowest BCUT2D eigenvalue weighted by molar-refractivity contribution is 0.497. The molecular formula is C51H50O3P2. The van der Waals surface area contributed by atoms with E-state index >= 15 is 0 Å². The first kappa shape index (κ1) is 39.1. The fourth-order valence-electron chi connectivity index (χ4n) is 6.74. The van der Waals surface area contributed by atoms with E-state index in [4.69, 9.17) is 13.6 Å². The molecule has 0 N–H and O–H groups in total. The van der Waals surface area contributed by atoms with Gasteiger partial charge in [-0.25, -0.2) is 0 Å². The number of hydrogen-bond acceptors (Lipinski definition) is 3. The van der Waals surface area contributed by atoms with Crippen molar-refractivity contribution in [3.63, 3.8) is 0 Å². The second-order valence-electron chi connectivity index (χ2n) is 14.9. The fourth-order valence-corrected chi connectivity index (χ4v) is 9.87. The number of hydrogen-bond donors (Lipinski definition) is 0. The summed E-state index contributed by atoms with van der Waals surface area (Å²) in [6.45, 7) is 19.2. The molecule has 0 radical (unpaired) electrons. The van der Waals surface area contributed by atoms with Gasteiger partial charge in [-0.05, 0) is 165 Å². The average molecular weight is 773 g/mol. The molecule has 56 heavy (non-hydrogen) atoms. The van der Waals surface area contributed by atoms with Gasteiger partial charge < -0.3 is 13.6 Å². The average Bonchev–Trinajstić information content (AvgIpc) is 3.20. The lowest BCUT2D eigenvalue weighted by Gasteiger charge is -2.23. The second-order valence-corrected chi connectivity index (χ2v) is 18.1. The van der Waals surface area contributed by atoms with Crippen molar-refractivity contribution >= 4 is 32.4 Å². The largest absolute Gasteiger partial charge is 0.464 e. The third kappa shape index (κ3) is 8.76. The molecule has 0 aliphatic carbocycles. The van der Waals surface area contributed by atoms with Crippen molar-refractivity contribution in [2.45, 2.75) is 62.3 Å². The van der Waals surface area contributed by atoms with Crippen molar-refractivity contribution < 1.29 is 13.6 Å². The van der Waals surface area contributed by atoms with Gasteiger partial charge in [-0.2, -0.15) is 0 Å². The molecular weight excluding hydrogens is 723 g/mol. The molecule has 0 saturated heterocycles. The van der Waals surface area contributed by atoms with Crippen LogP contribution in [0.5, 0.6) is 17.2 Å². The van der Waals surface area contributed by atoms with E-state index in [2.05, 4.69) is 202 Å². The Kier molecular flexibility index (Phi) is 11.8. The Labute approximate surface area is 336 Å². The van der Waals surface area contributed by atoms with Crippen LogP contribution in [0.4, 0.5) is 0 Å². The zero-order chi connectivity index (χ0) is 39.5. The minimum atomic E-state index is -1.47. The molecule has 1 atom stereocenters. The van der Waals surface area contributed by atoms with Crippen LogP contribution in [0.1, 0.15) is 50.1 Å². The topological polar surface area (TPSA) is 27.7 Å². The van der Waals surface area contributed by atoms with Gasteiger partial charge in [-0.15, -0.1) is 0 Å². The van der Waals surface area contributed by atoms with Gasteiger partial charge >= 0.3 is 8.38 Å². The lowest BCUT2D eigenvalue weighted by atomic mass is 10.1. The summed E-state index contributed by atoms with van der Waals surface area (Å²) < 4.78 is 20.5. The van der Waals surface area contributed by atoms with Gasteiger partial charge in [0.25, 0.3) is 0 Å². The molecule has 7 aromatic rings. The number of rotatable bonds is 11. The van der Waals surface area contributed by atoms with Crippen molar-refractivity contribution in [1.82, 2.24) is 0 Å². The Morgan fingerprint density at radius 3 is 0.964 bits per heavy atom. The smallest absolute Gasteiger partial charge is 0.326 e. The third-order valence-electron chi connectivity index (χ3n) is 10.6. The van der Waals surface area contributed by atoms with Crippen molar-refractivity contribution in [3.05, 3.63) is 190 Å². The van der Waals surface area contributed by atoms with Crippen LogP contribution in [-0.4, -0.2) is 0 Å². The maximum atomic E-state index is 6.97. The molecule has 0 bridgehead atoms. The molecule has 0 spiro atoms. The van der Waals surface area contributed by atoms with Crippen LogP contribution in [0.25, 0.3) is 22.3 Å². The van der Waals surface area contributed by atoms with Crippen LogP contribution >= 0.6 is 16.5 Å². The summed E-state index contributed by atoms with van der Waals surface area (Å²) in [4.78, 5) is 0. The minimum absolute atomic E-state index is 0.852. The van der Waals surface area contributed by atoms with E-state index in [1.807, 2.05) is 0 Å². The molecule has 282 valence electrons. The maximum Gasteiger partial charge on any atom is 0.326 e. The quantitative estimate of drug-likeness (QED) is 0.123. The summed E-state index contributed by atoms with van der Waals surface area (Å²) in [5.74, 6) is 2.63. The molecule has 0 aromatic heterocycles. The molecule has 0 aliphatic rings. The fraction of sp³-hybridized carbons (Fsp3) is 0.176. The summed E-state index contributed by atoms with van der Waals surface area (Å²) in [5.41, 5.74) is 15.4. The van der Waals surface area contributed by atoms with E-state index in [9.17, 15) is 0 Å². The highest BCUT2D eigenvalue weighted by molar-refractivity contribution is 7.68. The molecule has 5 heteroatoms. The van der Waals surface area contributed by atoms with E-state index < -0.39 is 16.5 Å². The third-order valence-corrected chi connectivity index (χ3v) is 14.0. The molecule has 0 fully saturated rings. The molecule has 3 nitrogen and oxygen atoms in total. The molecule has 7 aromatic carbocycles. The van der Waals surface area contributed by atoms with Gasteiger partial charge in [-0.1, -0.05) is 109 Å². The van der Waals surface area contributed by atoms with Crippen LogP contribution in [-0.2, 0) is 0 Å². The van der Waals surface area contributed by atoms with E-state index in [0.29, 0.717) is 0 Å². The summed E-state index contributed by atoms with van der Waals surface area (Å²) in [6, 6.07) is 49.9. The summed E-state index contributed by atoms with van der Waals surface area (Å²) >= 11 is 0.